The molecule has 0 spiro atoms. The van der Waals surface area contributed by atoms with E-state index in [1.807, 2.05) is 0 Å². The molecule has 3 N–H and O–H groups in total. The average Bonchev–Trinajstić information content (AvgIpc) is 2.11. The first-order valence-electron chi connectivity index (χ1n) is 4.01. The summed E-state index contributed by atoms with van der Waals surface area (Å²) < 4.78 is 35.2. The SMILES string of the molecule is CNCc1cc(S(N)(=O)=O)cc(F)c1Cl. The Kier molecular flexibility index (Phi) is 3.67. The van der Waals surface area contributed by atoms with Crippen LogP contribution < -0.4 is 10.5 Å². The molecule has 0 heterocycles. The van der Waals surface area contributed by atoms with Crippen molar-refractivity contribution >= 4 is 21.6 Å². The van der Waals surface area contributed by atoms with Crippen LogP contribution in [0.15, 0.2) is 17.0 Å². The number of hydrogen-bond acceptors (Lipinski definition) is 3. The highest BCUT2D eigenvalue weighted by Crippen LogP contribution is 2.23. The summed E-state index contributed by atoms with van der Waals surface area (Å²) in [5.74, 6) is -0.798. The fourth-order valence-corrected chi connectivity index (χ4v) is 1.85. The maximum atomic E-state index is 13.2. The van der Waals surface area contributed by atoms with Crippen LogP contribution in [-0.2, 0) is 16.6 Å². The third-order valence-electron chi connectivity index (χ3n) is 1.77. The maximum absolute atomic E-state index is 13.2. The second-order valence-electron chi connectivity index (χ2n) is 2.95. The first-order valence-corrected chi connectivity index (χ1v) is 5.94. The van der Waals surface area contributed by atoms with Crippen LogP contribution in [0.25, 0.3) is 0 Å². The average molecular weight is 253 g/mol. The molecule has 7 heteroatoms. The molecule has 0 aromatic heterocycles. The zero-order chi connectivity index (χ0) is 11.6. The van der Waals surface area contributed by atoms with Crippen molar-refractivity contribution in [2.45, 2.75) is 11.4 Å². The summed E-state index contributed by atoms with van der Waals surface area (Å²) in [5, 5.41) is 7.53. The molecule has 0 saturated heterocycles. The molecule has 0 saturated carbocycles. The molecule has 15 heavy (non-hydrogen) atoms. The van der Waals surface area contributed by atoms with Gasteiger partial charge in [0.1, 0.15) is 5.82 Å². The third kappa shape index (κ3) is 2.88. The van der Waals surface area contributed by atoms with Crippen LogP contribution in [0.2, 0.25) is 5.02 Å². The predicted molar refractivity (Wildman–Crippen MR) is 55.5 cm³/mol. The van der Waals surface area contributed by atoms with Crippen molar-refractivity contribution in [2.75, 3.05) is 7.05 Å². The van der Waals surface area contributed by atoms with Crippen molar-refractivity contribution in [1.82, 2.24) is 5.32 Å². The second-order valence-corrected chi connectivity index (χ2v) is 4.89. The van der Waals surface area contributed by atoms with E-state index in [0.717, 1.165) is 6.07 Å². The lowest BCUT2D eigenvalue weighted by Crippen LogP contribution is -2.14. The number of benzene rings is 1. The van der Waals surface area contributed by atoms with Crippen LogP contribution in [0.5, 0.6) is 0 Å². The minimum absolute atomic E-state index is 0.100. The molecule has 0 aliphatic carbocycles. The Balaban J connectivity index is 3.36. The lowest BCUT2D eigenvalue weighted by atomic mass is 10.2. The van der Waals surface area contributed by atoms with Crippen LogP contribution in [0, 0.1) is 5.82 Å². The second kappa shape index (κ2) is 4.44. The Labute approximate surface area is 92.3 Å². The molecule has 84 valence electrons. The van der Waals surface area contributed by atoms with E-state index in [9.17, 15) is 12.8 Å². The van der Waals surface area contributed by atoms with Gasteiger partial charge in [0.15, 0.2) is 0 Å². The molecule has 0 atom stereocenters. The molecule has 0 bridgehead atoms. The van der Waals surface area contributed by atoms with Crippen LogP contribution in [0.4, 0.5) is 4.39 Å². The van der Waals surface area contributed by atoms with Crippen LogP contribution in [0.3, 0.4) is 0 Å². The van der Waals surface area contributed by atoms with E-state index in [4.69, 9.17) is 16.7 Å². The molecular weight excluding hydrogens is 243 g/mol. The van der Waals surface area contributed by atoms with E-state index in [1.54, 1.807) is 7.05 Å². The van der Waals surface area contributed by atoms with E-state index < -0.39 is 15.8 Å². The fraction of sp³-hybridized carbons (Fsp3) is 0.250. The number of sulfonamides is 1. The molecule has 1 rings (SSSR count). The summed E-state index contributed by atoms with van der Waals surface area (Å²) in [7, 11) is -2.27. The molecule has 0 aliphatic heterocycles. The van der Waals surface area contributed by atoms with Gasteiger partial charge in [-0.2, -0.15) is 0 Å². The number of primary sulfonamides is 1. The number of nitrogens with two attached hydrogens (primary N) is 1. The summed E-state index contributed by atoms with van der Waals surface area (Å²) in [5.41, 5.74) is 0.350. The maximum Gasteiger partial charge on any atom is 0.238 e. The smallest absolute Gasteiger partial charge is 0.238 e. The quantitative estimate of drug-likeness (QED) is 0.838. The normalized spacial score (nSPS) is 11.7. The highest BCUT2D eigenvalue weighted by Gasteiger charge is 2.14. The molecule has 0 aliphatic rings. The molecule has 0 unspecified atom stereocenters. The summed E-state index contributed by atoms with van der Waals surface area (Å²) in [4.78, 5) is -0.283. The minimum atomic E-state index is -3.91. The van der Waals surface area contributed by atoms with Crippen molar-refractivity contribution in [3.8, 4) is 0 Å². The summed E-state index contributed by atoms with van der Waals surface area (Å²) in [6.45, 7) is 0.263. The Morgan fingerprint density at radius 2 is 2.13 bits per heavy atom. The van der Waals surface area contributed by atoms with Crippen molar-refractivity contribution in [2.24, 2.45) is 5.14 Å². The zero-order valence-electron chi connectivity index (χ0n) is 7.92. The summed E-state index contributed by atoms with van der Waals surface area (Å²) in [6, 6.07) is 2.05. The number of nitrogens with one attached hydrogen (secondary N) is 1. The Morgan fingerprint density at radius 1 is 1.53 bits per heavy atom. The summed E-state index contributed by atoms with van der Waals surface area (Å²) in [6.07, 6.45) is 0. The summed E-state index contributed by atoms with van der Waals surface area (Å²) >= 11 is 5.64. The molecule has 1 aromatic rings. The molecule has 0 amide bonds. The van der Waals surface area contributed by atoms with Crippen molar-refractivity contribution in [1.29, 1.82) is 0 Å². The van der Waals surface area contributed by atoms with E-state index in [0.29, 0.717) is 5.56 Å². The highest BCUT2D eigenvalue weighted by molar-refractivity contribution is 7.89. The van der Waals surface area contributed by atoms with Gasteiger partial charge in [0.2, 0.25) is 10.0 Å². The number of halogens is 2. The Bertz CT molecular complexity index is 476. The monoisotopic (exact) mass is 252 g/mol. The van der Waals surface area contributed by atoms with Crippen LogP contribution in [-0.4, -0.2) is 15.5 Å². The first-order chi connectivity index (χ1) is 6.86. The Hall–Kier alpha value is -0.690. The largest absolute Gasteiger partial charge is 0.316 e. The molecule has 0 fully saturated rings. The molecule has 4 nitrogen and oxygen atoms in total. The van der Waals surface area contributed by atoms with Gasteiger partial charge in [-0.05, 0) is 24.7 Å². The lowest BCUT2D eigenvalue weighted by molar-refractivity contribution is 0.591. The van der Waals surface area contributed by atoms with Crippen molar-refractivity contribution in [3.05, 3.63) is 28.5 Å². The zero-order valence-corrected chi connectivity index (χ0v) is 9.49. The van der Waals surface area contributed by atoms with Gasteiger partial charge in [-0.3, -0.25) is 0 Å². The lowest BCUT2D eigenvalue weighted by Gasteiger charge is -2.07. The van der Waals surface area contributed by atoms with Gasteiger partial charge >= 0.3 is 0 Å². The van der Waals surface area contributed by atoms with E-state index in [-0.39, 0.29) is 16.5 Å². The van der Waals surface area contributed by atoms with Crippen molar-refractivity contribution < 1.29 is 12.8 Å². The molecular formula is C8H10ClFN2O2S. The third-order valence-corrected chi connectivity index (χ3v) is 3.09. The number of hydrogen-bond donors (Lipinski definition) is 2. The van der Waals surface area contributed by atoms with Gasteiger partial charge in [-0.25, -0.2) is 17.9 Å². The van der Waals surface area contributed by atoms with Gasteiger partial charge in [-0.15, -0.1) is 0 Å². The number of rotatable bonds is 3. The highest BCUT2D eigenvalue weighted by atomic mass is 35.5. The van der Waals surface area contributed by atoms with Crippen molar-refractivity contribution in [3.63, 3.8) is 0 Å². The van der Waals surface area contributed by atoms with Gasteiger partial charge in [0, 0.05) is 6.54 Å². The van der Waals surface area contributed by atoms with Crippen LogP contribution >= 0.6 is 11.6 Å². The topological polar surface area (TPSA) is 72.2 Å². The van der Waals surface area contributed by atoms with Gasteiger partial charge < -0.3 is 5.32 Å². The van der Waals surface area contributed by atoms with Gasteiger partial charge in [-0.1, -0.05) is 11.6 Å². The minimum Gasteiger partial charge on any atom is -0.316 e. The van der Waals surface area contributed by atoms with Gasteiger partial charge in [0.05, 0.1) is 9.92 Å². The van der Waals surface area contributed by atoms with Crippen LogP contribution in [0.1, 0.15) is 5.56 Å². The Morgan fingerprint density at radius 3 is 2.60 bits per heavy atom. The van der Waals surface area contributed by atoms with E-state index in [1.165, 1.54) is 6.07 Å². The van der Waals surface area contributed by atoms with E-state index >= 15 is 0 Å². The van der Waals surface area contributed by atoms with Gasteiger partial charge in [0.25, 0.3) is 0 Å². The fourth-order valence-electron chi connectivity index (χ4n) is 1.10. The standard InChI is InChI=1S/C8H10ClFN2O2S/c1-12-4-5-2-6(15(11,13)14)3-7(10)8(5)9/h2-3,12H,4H2,1H3,(H2,11,13,14). The molecule has 0 radical (unpaired) electrons. The first kappa shape index (κ1) is 12.4. The molecule has 1 aromatic carbocycles. The van der Waals surface area contributed by atoms with E-state index in [2.05, 4.69) is 5.32 Å². The predicted octanol–water partition coefficient (Wildman–Crippen LogP) is 0.846.